The fourth-order valence-electron chi connectivity index (χ4n) is 3.07. The number of carbonyl (C=O) groups excluding carboxylic acids is 1. The second kappa shape index (κ2) is 8.66. The highest BCUT2D eigenvalue weighted by Crippen LogP contribution is 2.29. The predicted molar refractivity (Wildman–Crippen MR) is 104 cm³/mol. The van der Waals surface area contributed by atoms with Gasteiger partial charge in [0.1, 0.15) is 11.9 Å². The van der Waals surface area contributed by atoms with E-state index in [1.807, 2.05) is 6.07 Å². The Bertz CT molecular complexity index is 810. The summed E-state index contributed by atoms with van der Waals surface area (Å²) in [7, 11) is 3.38. The number of aromatic hydroxyl groups is 1. The average Bonchev–Trinajstić information content (AvgIpc) is 2.68. The van der Waals surface area contributed by atoms with Crippen LogP contribution in [0.3, 0.4) is 0 Å². The molecule has 1 aliphatic rings. The summed E-state index contributed by atoms with van der Waals surface area (Å²) in [5.41, 5.74) is 1.89. The molecule has 1 aromatic heterocycles. The van der Waals surface area contributed by atoms with Crippen molar-refractivity contribution in [2.45, 2.75) is 38.2 Å². The number of hydrogen-bond donors (Lipinski definition) is 1. The molecule has 1 aliphatic carbocycles. The van der Waals surface area contributed by atoms with Crippen LogP contribution in [0.4, 0.5) is 0 Å². The Labute approximate surface area is 159 Å². The topological polar surface area (TPSA) is 75.6 Å². The third-order valence-corrected chi connectivity index (χ3v) is 4.64. The van der Waals surface area contributed by atoms with E-state index in [2.05, 4.69) is 10.2 Å². The highest BCUT2D eigenvalue weighted by Gasteiger charge is 2.16. The quantitative estimate of drug-likeness (QED) is 0.816. The molecule has 1 aromatic carbocycles. The van der Waals surface area contributed by atoms with Gasteiger partial charge in [-0.1, -0.05) is 12.5 Å². The monoisotopic (exact) mass is 367 g/mol. The highest BCUT2D eigenvalue weighted by atomic mass is 16.5. The molecule has 1 N–H and O–H groups in total. The van der Waals surface area contributed by atoms with Gasteiger partial charge in [0.2, 0.25) is 11.8 Å². The Balaban J connectivity index is 1.69. The normalized spacial score (nSPS) is 15.0. The molecule has 6 heteroatoms. The van der Waals surface area contributed by atoms with E-state index < -0.39 is 0 Å². The van der Waals surface area contributed by atoms with Crippen LogP contribution in [0.25, 0.3) is 17.3 Å². The fourth-order valence-corrected chi connectivity index (χ4v) is 3.07. The molecule has 27 heavy (non-hydrogen) atoms. The maximum atomic E-state index is 11.6. The minimum Gasteiger partial charge on any atom is -0.507 e. The van der Waals surface area contributed by atoms with Gasteiger partial charge in [-0.2, -0.15) is 0 Å². The summed E-state index contributed by atoms with van der Waals surface area (Å²) in [6.07, 6.45) is 9.16. The molecule has 0 radical (unpaired) electrons. The molecule has 1 fully saturated rings. The summed E-state index contributed by atoms with van der Waals surface area (Å²) in [6, 6.07) is 8.78. The molecule has 1 heterocycles. The molecule has 0 unspecified atom stereocenters. The predicted octanol–water partition coefficient (Wildman–Crippen LogP) is 3.66. The summed E-state index contributed by atoms with van der Waals surface area (Å²) in [5, 5.41) is 18.7. The Hall–Kier alpha value is -2.89. The Morgan fingerprint density at radius 3 is 2.56 bits per heavy atom. The van der Waals surface area contributed by atoms with Crippen LogP contribution in [0.2, 0.25) is 0 Å². The summed E-state index contributed by atoms with van der Waals surface area (Å²) in [6.45, 7) is 0. The molecule has 1 saturated carbocycles. The average molecular weight is 367 g/mol. The molecule has 1 amide bonds. The summed E-state index contributed by atoms with van der Waals surface area (Å²) >= 11 is 0. The van der Waals surface area contributed by atoms with Gasteiger partial charge in [-0.25, -0.2) is 0 Å². The Kier molecular flexibility index (Phi) is 6.06. The molecule has 2 aromatic rings. The molecule has 3 rings (SSSR count). The van der Waals surface area contributed by atoms with E-state index in [0.29, 0.717) is 17.1 Å². The molecule has 0 bridgehead atoms. The maximum Gasteiger partial charge on any atom is 0.246 e. The van der Waals surface area contributed by atoms with E-state index in [4.69, 9.17) is 4.74 Å². The Morgan fingerprint density at radius 1 is 1.15 bits per heavy atom. The van der Waals surface area contributed by atoms with E-state index in [0.717, 1.165) is 18.4 Å². The van der Waals surface area contributed by atoms with Crippen molar-refractivity contribution in [1.29, 1.82) is 0 Å². The molecule has 0 atom stereocenters. The van der Waals surface area contributed by atoms with Crippen LogP contribution >= 0.6 is 0 Å². The first-order chi connectivity index (χ1) is 13.0. The lowest BCUT2D eigenvalue weighted by molar-refractivity contribution is -0.123. The first-order valence-corrected chi connectivity index (χ1v) is 9.26. The largest absolute Gasteiger partial charge is 0.507 e. The van der Waals surface area contributed by atoms with Gasteiger partial charge in [0.15, 0.2) is 0 Å². The number of amides is 1. The number of rotatable bonds is 5. The van der Waals surface area contributed by atoms with Crippen molar-refractivity contribution in [2.75, 3.05) is 14.1 Å². The van der Waals surface area contributed by atoms with Crippen LogP contribution in [0.1, 0.15) is 37.7 Å². The van der Waals surface area contributed by atoms with E-state index in [1.165, 1.54) is 30.2 Å². The van der Waals surface area contributed by atoms with Gasteiger partial charge >= 0.3 is 0 Å². The third-order valence-electron chi connectivity index (χ3n) is 4.64. The van der Waals surface area contributed by atoms with Gasteiger partial charge in [-0.3, -0.25) is 4.79 Å². The number of nitrogens with zero attached hydrogens (tertiary/aromatic N) is 3. The number of likely N-dealkylation sites (N-methyl/N-ethyl adjacent to an activating group) is 1. The molecule has 0 saturated heterocycles. The SMILES string of the molecule is CN(C)C(=O)/C=C/c1ccc(-c2ccc(OC3CCCCC3)nn2)c(O)c1. The fraction of sp³-hybridized carbons (Fsp3) is 0.381. The van der Waals surface area contributed by atoms with Crippen molar-refractivity contribution in [2.24, 2.45) is 0 Å². The Morgan fingerprint density at radius 2 is 1.93 bits per heavy atom. The van der Waals surface area contributed by atoms with Crippen LogP contribution in [-0.4, -0.2) is 46.3 Å². The summed E-state index contributed by atoms with van der Waals surface area (Å²) < 4.78 is 5.89. The first kappa shape index (κ1) is 18.9. The van der Waals surface area contributed by atoms with Crippen LogP contribution in [0, 0.1) is 0 Å². The lowest BCUT2D eigenvalue weighted by atomic mass is 9.98. The van der Waals surface area contributed by atoms with Gasteiger partial charge in [0.25, 0.3) is 0 Å². The van der Waals surface area contributed by atoms with Crippen molar-refractivity contribution in [3.63, 3.8) is 0 Å². The van der Waals surface area contributed by atoms with Gasteiger partial charge in [0, 0.05) is 31.8 Å². The van der Waals surface area contributed by atoms with Crippen molar-refractivity contribution >= 4 is 12.0 Å². The number of phenolic OH excluding ortho intramolecular Hbond substituents is 1. The number of carbonyl (C=O) groups is 1. The van der Waals surface area contributed by atoms with E-state index in [1.54, 1.807) is 44.4 Å². The second-order valence-corrected chi connectivity index (χ2v) is 6.98. The van der Waals surface area contributed by atoms with E-state index >= 15 is 0 Å². The lowest BCUT2D eigenvalue weighted by Gasteiger charge is -2.22. The van der Waals surface area contributed by atoms with Crippen molar-refractivity contribution in [1.82, 2.24) is 15.1 Å². The van der Waals surface area contributed by atoms with Gasteiger partial charge < -0.3 is 14.7 Å². The number of hydrogen-bond acceptors (Lipinski definition) is 5. The smallest absolute Gasteiger partial charge is 0.246 e. The van der Waals surface area contributed by atoms with Crippen molar-refractivity contribution in [3.05, 3.63) is 42.0 Å². The van der Waals surface area contributed by atoms with Gasteiger partial charge in [-0.05, 0) is 55.5 Å². The van der Waals surface area contributed by atoms with Crippen LogP contribution in [-0.2, 0) is 4.79 Å². The van der Waals surface area contributed by atoms with E-state index in [9.17, 15) is 9.90 Å². The summed E-state index contributed by atoms with van der Waals surface area (Å²) in [5.74, 6) is 0.495. The zero-order chi connectivity index (χ0) is 19.2. The molecule has 6 nitrogen and oxygen atoms in total. The number of aromatic nitrogens is 2. The highest BCUT2D eigenvalue weighted by molar-refractivity contribution is 5.91. The minimum absolute atomic E-state index is 0.0877. The maximum absolute atomic E-state index is 11.6. The molecule has 142 valence electrons. The first-order valence-electron chi connectivity index (χ1n) is 9.26. The summed E-state index contributed by atoms with van der Waals surface area (Å²) in [4.78, 5) is 13.1. The van der Waals surface area contributed by atoms with Gasteiger partial charge in [0.05, 0.1) is 5.69 Å². The van der Waals surface area contributed by atoms with Crippen molar-refractivity contribution in [3.8, 4) is 22.9 Å². The van der Waals surface area contributed by atoms with Gasteiger partial charge in [-0.15, -0.1) is 10.2 Å². The number of benzene rings is 1. The molecular weight excluding hydrogens is 342 g/mol. The lowest BCUT2D eigenvalue weighted by Crippen LogP contribution is -2.20. The number of phenols is 1. The van der Waals surface area contributed by atoms with E-state index in [-0.39, 0.29) is 17.8 Å². The molecule has 0 aliphatic heterocycles. The van der Waals surface area contributed by atoms with Crippen LogP contribution in [0.5, 0.6) is 11.6 Å². The van der Waals surface area contributed by atoms with Crippen LogP contribution < -0.4 is 4.74 Å². The zero-order valence-corrected chi connectivity index (χ0v) is 15.8. The molecular formula is C21H25N3O3. The zero-order valence-electron chi connectivity index (χ0n) is 15.8. The second-order valence-electron chi connectivity index (χ2n) is 6.98. The third kappa shape index (κ3) is 5.06. The minimum atomic E-state index is -0.113. The van der Waals surface area contributed by atoms with Crippen LogP contribution in [0.15, 0.2) is 36.4 Å². The number of ether oxygens (including phenoxy) is 1. The van der Waals surface area contributed by atoms with Crippen molar-refractivity contribution < 1.29 is 14.6 Å². The standard InChI is InChI=1S/C21H25N3O3/c1-24(2)21(26)13-9-15-8-10-17(19(25)14-15)18-11-12-20(23-22-18)27-16-6-4-3-5-7-16/h8-14,16,25H,3-7H2,1-2H3/b13-9+. The molecule has 0 spiro atoms.